The topological polar surface area (TPSA) is 79.2 Å². The number of ether oxygens (including phenoxy) is 4. The van der Waals surface area contributed by atoms with Crippen molar-refractivity contribution in [2.24, 2.45) is 0 Å². The summed E-state index contributed by atoms with van der Waals surface area (Å²) >= 11 is 0. The minimum atomic E-state index is -0.0578. The maximum Gasteiger partial charge on any atom is 0.203 e. The molecule has 8 heteroatoms. The molecule has 0 atom stereocenters. The van der Waals surface area contributed by atoms with Crippen LogP contribution in [-0.2, 0) is 0 Å². The number of fused-ring (bicyclic) bond motifs is 1. The van der Waals surface area contributed by atoms with Gasteiger partial charge >= 0.3 is 0 Å². The van der Waals surface area contributed by atoms with Crippen LogP contribution in [0.15, 0.2) is 75.9 Å². The Kier molecular flexibility index (Phi) is 9.61. The average molecular weight is 512 g/mol. The van der Waals surface area contributed by atoms with Crippen molar-refractivity contribution in [1.29, 1.82) is 0 Å². The van der Waals surface area contributed by atoms with Gasteiger partial charge in [0.05, 0.1) is 19.6 Å². The van der Waals surface area contributed by atoms with Gasteiger partial charge in [-0.15, -0.1) is 12.4 Å². The number of rotatable bonds is 11. The van der Waals surface area contributed by atoms with Gasteiger partial charge in [0.1, 0.15) is 19.0 Å². The van der Waals surface area contributed by atoms with Crippen molar-refractivity contribution in [2.75, 3.05) is 40.5 Å². The van der Waals surface area contributed by atoms with Crippen molar-refractivity contribution in [1.82, 2.24) is 5.32 Å². The summed E-state index contributed by atoms with van der Waals surface area (Å²) in [6.07, 6.45) is 0. The Morgan fingerprint density at radius 1 is 0.778 bits per heavy atom. The van der Waals surface area contributed by atoms with E-state index in [4.69, 9.17) is 23.4 Å². The van der Waals surface area contributed by atoms with Crippen LogP contribution in [0.4, 0.5) is 0 Å². The van der Waals surface area contributed by atoms with E-state index in [0.717, 1.165) is 5.56 Å². The molecule has 0 fully saturated rings. The second-order valence-corrected chi connectivity index (χ2v) is 7.82. The summed E-state index contributed by atoms with van der Waals surface area (Å²) in [4.78, 5) is 13.0. The summed E-state index contributed by atoms with van der Waals surface area (Å²) < 4.78 is 28.7. The van der Waals surface area contributed by atoms with Gasteiger partial charge in [0, 0.05) is 24.2 Å². The van der Waals surface area contributed by atoms with E-state index in [-0.39, 0.29) is 17.8 Å². The molecule has 0 aliphatic heterocycles. The van der Waals surface area contributed by atoms with Crippen molar-refractivity contribution >= 4 is 23.4 Å². The molecule has 36 heavy (non-hydrogen) atoms. The summed E-state index contributed by atoms with van der Waals surface area (Å²) in [6.45, 7) is 3.81. The molecule has 190 valence electrons. The van der Waals surface area contributed by atoms with Gasteiger partial charge in [-0.3, -0.25) is 4.79 Å². The summed E-state index contributed by atoms with van der Waals surface area (Å²) in [6, 6.07) is 20.5. The summed E-state index contributed by atoms with van der Waals surface area (Å²) in [5, 5.41) is 3.79. The molecular formula is C28H30ClNO6. The molecule has 0 spiro atoms. The molecule has 1 aromatic heterocycles. The van der Waals surface area contributed by atoms with Gasteiger partial charge in [0.2, 0.25) is 5.75 Å². The molecule has 4 aromatic rings. The number of methoxy groups -OCH3 is 2. The maximum absolute atomic E-state index is 13.0. The Morgan fingerprint density at radius 3 is 2.06 bits per heavy atom. The van der Waals surface area contributed by atoms with E-state index in [0.29, 0.717) is 71.6 Å². The fourth-order valence-electron chi connectivity index (χ4n) is 3.81. The number of hydrogen-bond donors (Lipinski definition) is 1. The molecule has 0 aliphatic carbocycles. The first-order valence-corrected chi connectivity index (χ1v) is 11.4. The molecule has 0 aliphatic rings. The van der Waals surface area contributed by atoms with Gasteiger partial charge in [0.15, 0.2) is 28.3 Å². The van der Waals surface area contributed by atoms with Gasteiger partial charge in [-0.1, -0.05) is 42.5 Å². The van der Waals surface area contributed by atoms with Gasteiger partial charge in [-0.2, -0.15) is 0 Å². The zero-order valence-electron chi connectivity index (χ0n) is 20.5. The normalized spacial score (nSPS) is 10.5. The third-order valence-corrected chi connectivity index (χ3v) is 5.59. The summed E-state index contributed by atoms with van der Waals surface area (Å²) in [5.74, 6) is 2.91. The fourth-order valence-corrected chi connectivity index (χ4v) is 3.81. The predicted octanol–water partition coefficient (Wildman–Crippen LogP) is 5.25. The Balaban J connectivity index is 0.00000361. The lowest BCUT2D eigenvalue weighted by atomic mass is 10.1. The standard InChI is InChI=1S/C28H29NO6.ClH/c1-19-25(30)21-11-7-14-24(27(21)35-26(19)20-9-5-4-6-10-20)33-17-15-29-16-18-34-28-22(31-2)12-8-13-23(28)32-3;/h4-14,29H,15-18H2,1-3H3;1H. The van der Waals surface area contributed by atoms with Crippen LogP contribution in [0.1, 0.15) is 5.56 Å². The molecule has 0 unspecified atom stereocenters. The zero-order chi connectivity index (χ0) is 24.6. The van der Waals surface area contributed by atoms with Gasteiger partial charge < -0.3 is 28.7 Å². The molecule has 0 amide bonds. The smallest absolute Gasteiger partial charge is 0.203 e. The average Bonchev–Trinajstić information content (AvgIpc) is 2.90. The monoisotopic (exact) mass is 511 g/mol. The number of benzene rings is 3. The molecule has 0 bridgehead atoms. The second kappa shape index (κ2) is 12.9. The lowest BCUT2D eigenvalue weighted by Crippen LogP contribution is -2.26. The van der Waals surface area contributed by atoms with Crippen LogP contribution in [0.5, 0.6) is 23.0 Å². The number of nitrogens with one attached hydrogen (secondary N) is 1. The number of para-hydroxylation sites is 2. The lowest BCUT2D eigenvalue weighted by molar-refractivity contribution is 0.265. The maximum atomic E-state index is 13.0. The molecule has 7 nitrogen and oxygen atoms in total. The molecule has 4 rings (SSSR count). The van der Waals surface area contributed by atoms with Crippen LogP contribution < -0.4 is 29.7 Å². The van der Waals surface area contributed by atoms with Crippen LogP contribution in [0.25, 0.3) is 22.3 Å². The lowest BCUT2D eigenvalue weighted by Gasteiger charge is -2.14. The van der Waals surface area contributed by atoms with E-state index in [1.807, 2.05) is 54.6 Å². The summed E-state index contributed by atoms with van der Waals surface area (Å²) in [5.41, 5.74) is 1.83. The van der Waals surface area contributed by atoms with Crippen LogP contribution in [0, 0.1) is 6.92 Å². The van der Waals surface area contributed by atoms with E-state index in [9.17, 15) is 4.79 Å². The van der Waals surface area contributed by atoms with Crippen LogP contribution in [-0.4, -0.2) is 40.5 Å². The molecule has 0 saturated carbocycles. The van der Waals surface area contributed by atoms with Crippen molar-refractivity contribution in [3.63, 3.8) is 0 Å². The number of halogens is 1. The Labute approximate surface area is 216 Å². The first kappa shape index (κ1) is 26.9. The molecule has 3 aromatic carbocycles. The van der Waals surface area contributed by atoms with Crippen LogP contribution in [0.3, 0.4) is 0 Å². The molecular weight excluding hydrogens is 482 g/mol. The van der Waals surface area contributed by atoms with E-state index >= 15 is 0 Å². The zero-order valence-corrected chi connectivity index (χ0v) is 21.4. The van der Waals surface area contributed by atoms with Crippen molar-refractivity contribution in [3.8, 4) is 34.3 Å². The van der Waals surface area contributed by atoms with Crippen molar-refractivity contribution < 1.29 is 23.4 Å². The minimum Gasteiger partial charge on any atom is -0.493 e. The van der Waals surface area contributed by atoms with Crippen LogP contribution in [0.2, 0.25) is 0 Å². The van der Waals surface area contributed by atoms with E-state index in [1.54, 1.807) is 33.3 Å². The summed E-state index contributed by atoms with van der Waals surface area (Å²) in [7, 11) is 3.19. The highest BCUT2D eigenvalue weighted by Crippen LogP contribution is 2.36. The largest absolute Gasteiger partial charge is 0.493 e. The highest BCUT2D eigenvalue weighted by molar-refractivity contribution is 5.85. The molecule has 0 radical (unpaired) electrons. The highest BCUT2D eigenvalue weighted by Gasteiger charge is 2.15. The quantitative estimate of drug-likeness (QED) is 0.275. The van der Waals surface area contributed by atoms with Crippen molar-refractivity contribution in [3.05, 3.63) is 82.5 Å². The number of hydrogen-bond acceptors (Lipinski definition) is 7. The van der Waals surface area contributed by atoms with Gasteiger partial charge in [0.25, 0.3) is 0 Å². The SMILES string of the molecule is COc1cccc(OC)c1OCCNCCOc1cccc2c(=O)c(C)c(-c3ccccc3)oc12.Cl. The third-order valence-electron chi connectivity index (χ3n) is 5.59. The molecule has 1 heterocycles. The van der Waals surface area contributed by atoms with Gasteiger partial charge in [-0.25, -0.2) is 0 Å². The minimum absolute atomic E-state index is 0. The molecule has 0 saturated heterocycles. The van der Waals surface area contributed by atoms with E-state index < -0.39 is 0 Å². The Morgan fingerprint density at radius 2 is 1.39 bits per heavy atom. The van der Waals surface area contributed by atoms with Gasteiger partial charge in [-0.05, 0) is 31.2 Å². The first-order chi connectivity index (χ1) is 17.1. The van der Waals surface area contributed by atoms with E-state index in [1.165, 1.54) is 0 Å². The third kappa shape index (κ3) is 5.93. The highest BCUT2D eigenvalue weighted by atomic mass is 35.5. The Bertz CT molecular complexity index is 1320. The fraction of sp³-hybridized carbons (Fsp3) is 0.250. The Hall–Kier alpha value is -3.68. The predicted molar refractivity (Wildman–Crippen MR) is 143 cm³/mol. The first-order valence-electron chi connectivity index (χ1n) is 11.4. The van der Waals surface area contributed by atoms with E-state index in [2.05, 4.69) is 5.32 Å². The van der Waals surface area contributed by atoms with Crippen molar-refractivity contribution in [2.45, 2.75) is 6.92 Å². The second-order valence-electron chi connectivity index (χ2n) is 7.82. The molecule has 1 N–H and O–H groups in total. The van der Waals surface area contributed by atoms with Crippen LogP contribution >= 0.6 is 12.4 Å².